The first-order valence-electron chi connectivity index (χ1n) is 8.85. The Hall–Kier alpha value is -1.85. The third-order valence-electron chi connectivity index (χ3n) is 4.99. The molecule has 0 unspecified atom stereocenters. The van der Waals surface area contributed by atoms with Gasteiger partial charge in [-0.1, -0.05) is 25.7 Å². The Balaban J connectivity index is 1.42. The van der Waals surface area contributed by atoms with Crippen LogP contribution in [0, 0.1) is 5.92 Å². The van der Waals surface area contributed by atoms with E-state index in [1.54, 1.807) is 6.20 Å². The van der Waals surface area contributed by atoms with Crippen LogP contribution in [0.4, 0.5) is 5.82 Å². The number of hydrogen-bond donors (Lipinski definition) is 2. The molecule has 1 aromatic rings. The van der Waals surface area contributed by atoms with Crippen LogP contribution < -0.4 is 10.6 Å². The maximum atomic E-state index is 12.1. The number of rotatable bonds is 6. The van der Waals surface area contributed by atoms with Crippen molar-refractivity contribution in [3.63, 3.8) is 0 Å². The van der Waals surface area contributed by atoms with Crippen molar-refractivity contribution in [1.82, 2.24) is 15.1 Å². The second-order valence-electron chi connectivity index (χ2n) is 6.67. The fraction of sp³-hybridized carbons (Fsp3) is 0.706. The summed E-state index contributed by atoms with van der Waals surface area (Å²) in [6.07, 6.45) is 11.0. The van der Waals surface area contributed by atoms with Crippen LogP contribution in [0.5, 0.6) is 0 Å². The Morgan fingerprint density at radius 3 is 2.57 bits per heavy atom. The first-order valence-corrected chi connectivity index (χ1v) is 8.85. The van der Waals surface area contributed by atoms with Crippen molar-refractivity contribution < 1.29 is 9.59 Å². The molecule has 1 heterocycles. The highest BCUT2D eigenvalue weighted by Gasteiger charge is 2.23. The number of carbonyl (C=O) groups excluding carboxylic acids is 2. The van der Waals surface area contributed by atoms with Crippen molar-refractivity contribution in [2.45, 2.75) is 63.8 Å². The highest BCUT2D eigenvalue weighted by atomic mass is 16.2. The van der Waals surface area contributed by atoms with Gasteiger partial charge in [0.15, 0.2) is 0 Å². The van der Waals surface area contributed by atoms with Gasteiger partial charge in [-0.05, 0) is 25.7 Å². The molecule has 0 aliphatic heterocycles. The summed E-state index contributed by atoms with van der Waals surface area (Å²) in [5.74, 6) is 0.952. The minimum absolute atomic E-state index is 0.0727. The van der Waals surface area contributed by atoms with Gasteiger partial charge in [-0.3, -0.25) is 9.59 Å². The largest absolute Gasteiger partial charge is 0.355 e. The molecule has 126 valence electrons. The summed E-state index contributed by atoms with van der Waals surface area (Å²) in [4.78, 5) is 24.0. The highest BCUT2D eigenvalue weighted by Crippen LogP contribution is 2.31. The molecule has 0 spiro atoms. The van der Waals surface area contributed by atoms with Gasteiger partial charge in [0.25, 0.3) is 0 Å². The molecule has 2 saturated carbocycles. The predicted octanol–water partition coefficient (Wildman–Crippen LogP) is 2.63. The first kappa shape index (κ1) is 16.0. The van der Waals surface area contributed by atoms with Crippen molar-refractivity contribution >= 4 is 17.6 Å². The summed E-state index contributed by atoms with van der Waals surface area (Å²) in [5.41, 5.74) is 0. The van der Waals surface area contributed by atoms with Crippen LogP contribution >= 0.6 is 0 Å². The molecular formula is C17H26N4O2. The zero-order valence-electron chi connectivity index (χ0n) is 13.6. The molecule has 23 heavy (non-hydrogen) atoms. The molecule has 0 radical (unpaired) electrons. The van der Waals surface area contributed by atoms with E-state index in [1.807, 2.05) is 10.7 Å². The number of nitrogens with zero attached hydrogens (tertiary/aromatic N) is 2. The molecule has 0 saturated heterocycles. The van der Waals surface area contributed by atoms with Gasteiger partial charge >= 0.3 is 0 Å². The summed E-state index contributed by atoms with van der Waals surface area (Å²) < 4.78 is 1.93. The van der Waals surface area contributed by atoms with Gasteiger partial charge in [0.05, 0.1) is 12.2 Å². The van der Waals surface area contributed by atoms with E-state index >= 15 is 0 Å². The van der Waals surface area contributed by atoms with E-state index in [2.05, 4.69) is 15.7 Å². The summed E-state index contributed by atoms with van der Waals surface area (Å²) >= 11 is 0. The van der Waals surface area contributed by atoms with Gasteiger partial charge in [-0.2, -0.15) is 5.10 Å². The monoisotopic (exact) mass is 318 g/mol. The van der Waals surface area contributed by atoms with Crippen LogP contribution in [0.15, 0.2) is 12.3 Å². The Morgan fingerprint density at radius 1 is 1.13 bits per heavy atom. The summed E-state index contributed by atoms with van der Waals surface area (Å²) in [7, 11) is 0. The van der Waals surface area contributed by atoms with Gasteiger partial charge < -0.3 is 10.6 Å². The minimum Gasteiger partial charge on any atom is -0.355 e. The van der Waals surface area contributed by atoms with Crippen molar-refractivity contribution in [2.24, 2.45) is 5.92 Å². The Kier molecular flexibility index (Phi) is 5.31. The molecule has 6 nitrogen and oxygen atoms in total. The maximum absolute atomic E-state index is 12.1. The fourth-order valence-electron chi connectivity index (χ4n) is 3.69. The molecule has 2 N–H and O–H groups in total. The molecule has 3 rings (SSSR count). The molecule has 0 atom stereocenters. The molecule has 2 aliphatic rings. The zero-order chi connectivity index (χ0) is 16.1. The Labute approximate surface area is 137 Å². The lowest BCUT2D eigenvalue weighted by molar-refractivity contribution is -0.124. The fourth-order valence-corrected chi connectivity index (χ4v) is 3.69. The smallest absolute Gasteiger partial charge is 0.227 e. The Bertz CT molecular complexity index is 543. The number of carbonyl (C=O) groups is 2. The number of amides is 2. The zero-order valence-corrected chi connectivity index (χ0v) is 13.6. The van der Waals surface area contributed by atoms with E-state index in [9.17, 15) is 9.59 Å². The quantitative estimate of drug-likeness (QED) is 0.846. The van der Waals surface area contributed by atoms with Crippen molar-refractivity contribution in [1.29, 1.82) is 0 Å². The van der Waals surface area contributed by atoms with Crippen LogP contribution in [0.2, 0.25) is 0 Å². The molecule has 1 aromatic heterocycles. The lowest BCUT2D eigenvalue weighted by Crippen LogP contribution is -2.32. The number of aromatic nitrogens is 2. The third-order valence-corrected chi connectivity index (χ3v) is 4.99. The first-order chi connectivity index (χ1) is 11.2. The third kappa shape index (κ3) is 4.12. The van der Waals surface area contributed by atoms with Crippen LogP contribution in [-0.2, 0) is 9.59 Å². The predicted molar refractivity (Wildman–Crippen MR) is 87.9 cm³/mol. The van der Waals surface area contributed by atoms with E-state index in [0.29, 0.717) is 19.0 Å². The normalized spacial score (nSPS) is 19.1. The van der Waals surface area contributed by atoms with E-state index in [4.69, 9.17) is 0 Å². The number of nitrogens with one attached hydrogen (secondary N) is 2. The lowest BCUT2D eigenvalue weighted by Gasteiger charge is -2.15. The molecule has 2 aliphatic carbocycles. The average molecular weight is 318 g/mol. The minimum atomic E-state index is -0.0727. The molecule has 2 amide bonds. The van der Waals surface area contributed by atoms with Gasteiger partial charge in [-0.15, -0.1) is 0 Å². The van der Waals surface area contributed by atoms with Gasteiger partial charge in [-0.25, -0.2) is 4.68 Å². The number of anilines is 1. The SMILES string of the molecule is O=C(CCNC(=O)C1CCCC1)Nc1ccnn1C1CCCC1. The standard InChI is InChI=1S/C17H26N4O2/c22-16(10-11-18-17(23)13-5-1-2-6-13)20-15-9-12-19-21(15)14-7-3-4-8-14/h9,12-14H,1-8,10-11H2,(H,18,23)(H,20,22). The van der Waals surface area contributed by atoms with Crippen LogP contribution in [0.3, 0.4) is 0 Å². The van der Waals surface area contributed by atoms with Crippen molar-refractivity contribution in [3.05, 3.63) is 12.3 Å². The maximum Gasteiger partial charge on any atom is 0.227 e. The molecule has 0 bridgehead atoms. The molecule has 6 heteroatoms. The topological polar surface area (TPSA) is 76.0 Å². The summed E-state index contributed by atoms with van der Waals surface area (Å²) in [5, 5.41) is 10.1. The molecule has 0 aromatic carbocycles. The van der Waals surface area contributed by atoms with E-state index in [1.165, 1.54) is 12.8 Å². The second-order valence-corrected chi connectivity index (χ2v) is 6.67. The Morgan fingerprint density at radius 2 is 1.83 bits per heavy atom. The van der Waals surface area contributed by atoms with Crippen LogP contribution in [-0.4, -0.2) is 28.1 Å². The van der Waals surface area contributed by atoms with Crippen LogP contribution in [0.1, 0.15) is 63.8 Å². The number of hydrogen-bond acceptors (Lipinski definition) is 3. The van der Waals surface area contributed by atoms with Gasteiger partial charge in [0.1, 0.15) is 5.82 Å². The van der Waals surface area contributed by atoms with Gasteiger partial charge in [0.2, 0.25) is 11.8 Å². The average Bonchev–Trinajstić information content (AvgIpc) is 3.29. The van der Waals surface area contributed by atoms with E-state index in [-0.39, 0.29) is 17.7 Å². The molecular weight excluding hydrogens is 292 g/mol. The van der Waals surface area contributed by atoms with Crippen molar-refractivity contribution in [2.75, 3.05) is 11.9 Å². The van der Waals surface area contributed by atoms with E-state index in [0.717, 1.165) is 44.3 Å². The van der Waals surface area contributed by atoms with Crippen LogP contribution in [0.25, 0.3) is 0 Å². The summed E-state index contributed by atoms with van der Waals surface area (Å²) in [6, 6.07) is 2.25. The highest BCUT2D eigenvalue weighted by molar-refractivity contribution is 5.90. The lowest BCUT2D eigenvalue weighted by atomic mass is 10.1. The second kappa shape index (κ2) is 7.62. The van der Waals surface area contributed by atoms with E-state index < -0.39 is 0 Å². The summed E-state index contributed by atoms with van der Waals surface area (Å²) in [6.45, 7) is 0.402. The molecule has 2 fully saturated rings. The van der Waals surface area contributed by atoms with Gasteiger partial charge in [0, 0.05) is 24.9 Å². The van der Waals surface area contributed by atoms with Crippen molar-refractivity contribution in [3.8, 4) is 0 Å².